The molecule has 1 amide bonds. The number of amides is 1. The van der Waals surface area contributed by atoms with E-state index in [4.69, 9.17) is 0 Å². The van der Waals surface area contributed by atoms with Crippen LogP contribution in [-0.4, -0.2) is 29.4 Å². The van der Waals surface area contributed by atoms with E-state index in [1.807, 2.05) is 0 Å². The van der Waals surface area contributed by atoms with Gasteiger partial charge in [-0.3, -0.25) is 10.2 Å². The lowest BCUT2D eigenvalue weighted by Crippen LogP contribution is -2.45. The fraction of sp³-hybridized carbons (Fsp3) is 0.471. The maximum Gasteiger partial charge on any atom is 0.241 e. The molecule has 2 atom stereocenters. The Morgan fingerprint density at radius 3 is 2.87 bits per heavy atom. The molecule has 1 aromatic rings. The number of halogens is 2. The number of rotatable bonds is 6. The van der Waals surface area contributed by atoms with Gasteiger partial charge in [0.2, 0.25) is 5.91 Å². The van der Waals surface area contributed by atoms with Crippen LogP contribution in [0, 0.1) is 11.7 Å². The van der Waals surface area contributed by atoms with Crippen molar-refractivity contribution in [1.82, 2.24) is 15.8 Å². The molecule has 126 valence electrons. The number of nitrogens with zero attached hydrogens (tertiary/aromatic N) is 1. The molecule has 1 heterocycles. The highest BCUT2D eigenvalue weighted by molar-refractivity contribution is 9.10. The van der Waals surface area contributed by atoms with E-state index in [1.54, 1.807) is 23.1 Å². The van der Waals surface area contributed by atoms with Crippen molar-refractivity contribution in [3.05, 3.63) is 46.7 Å². The van der Waals surface area contributed by atoms with Gasteiger partial charge in [-0.15, -0.1) is 6.58 Å². The second-order valence-electron chi connectivity index (χ2n) is 6.17. The van der Waals surface area contributed by atoms with Gasteiger partial charge in [0.05, 0.1) is 0 Å². The van der Waals surface area contributed by atoms with Gasteiger partial charge in [0.15, 0.2) is 0 Å². The normalized spacial score (nSPS) is 20.7. The van der Waals surface area contributed by atoms with E-state index in [9.17, 15) is 9.18 Å². The van der Waals surface area contributed by atoms with Crippen molar-refractivity contribution < 1.29 is 9.18 Å². The van der Waals surface area contributed by atoms with Gasteiger partial charge in [0, 0.05) is 29.2 Å². The van der Waals surface area contributed by atoms with Crippen LogP contribution in [0.2, 0.25) is 0 Å². The first kappa shape index (κ1) is 18.1. The van der Waals surface area contributed by atoms with Crippen molar-refractivity contribution >= 4 is 21.8 Å². The van der Waals surface area contributed by atoms with Crippen LogP contribution < -0.4 is 10.9 Å². The molecular formula is C17H23BrFN3O. The fourth-order valence-electron chi connectivity index (χ4n) is 2.66. The van der Waals surface area contributed by atoms with Gasteiger partial charge in [0.25, 0.3) is 0 Å². The molecule has 0 bridgehead atoms. The maximum atomic E-state index is 14.0. The van der Waals surface area contributed by atoms with Crippen LogP contribution in [0.4, 0.5) is 4.39 Å². The molecular weight excluding hydrogens is 361 g/mol. The van der Waals surface area contributed by atoms with Crippen LogP contribution in [0.25, 0.3) is 0 Å². The van der Waals surface area contributed by atoms with Gasteiger partial charge in [-0.05, 0) is 30.5 Å². The zero-order valence-corrected chi connectivity index (χ0v) is 15.1. The minimum absolute atomic E-state index is 0.0417. The molecule has 0 saturated carbocycles. The zero-order chi connectivity index (χ0) is 17.0. The van der Waals surface area contributed by atoms with Crippen molar-refractivity contribution in [3.8, 4) is 0 Å². The predicted molar refractivity (Wildman–Crippen MR) is 93.0 cm³/mol. The molecule has 1 saturated heterocycles. The Bertz CT molecular complexity index is 579. The highest BCUT2D eigenvalue weighted by Gasteiger charge is 2.33. The van der Waals surface area contributed by atoms with Gasteiger partial charge < -0.3 is 4.90 Å². The molecule has 0 spiro atoms. The molecule has 2 N–H and O–H groups in total. The van der Waals surface area contributed by atoms with E-state index in [0.717, 1.165) is 10.9 Å². The highest BCUT2D eigenvalue weighted by atomic mass is 79.9. The number of carbonyl (C=O) groups is 1. The quantitative estimate of drug-likeness (QED) is 0.742. The minimum atomic E-state index is -0.312. The smallest absolute Gasteiger partial charge is 0.241 e. The van der Waals surface area contributed by atoms with Crippen LogP contribution in [0.1, 0.15) is 25.8 Å². The summed E-state index contributed by atoms with van der Waals surface area (Å²) in [5.41, 5.74) is 6.71. The van der Waals surface area contributed by atoms with Crippen molar-refractivity contribution in [2.24, 2.45) is 5.92 Å². The summed E-state index contributed by atoms with van der Waals surface area (Å²) in [6, 6.07) is 4.72. The Morgan fingerprint density at radius 1 is 1.52 bits per heavy atom. The third-order valence-corrected chi connectivity index (χ3v) is 4.56. The third-order valence-electron chi connectivity index (χ3n) is 4.07. The Morgan fingerprint density at radius 2 is 2.26 bits per heavy atom. The Labute approximate surface area is 145 Å². The summed E-state index contributed by atoms with van der Waals surface area (Å²) < 4.78 is 14.8. The van der Waals surface area contributed by atoms with Crippen LogP contribution in [-0.2, 0) is 11.3 Å². The van der Waals surface area contributed by atoms with Gasteiger partial charge in [-0.2, -0.15) is 0 Å². The summed E-state index contributed by atoms with van der Waals surface area (Å²) in [6.45, 7) is 8.54. The van der Waals surface area contributed by atoms with Crippen LogP contribution in [0.3, 0.4) is 0 Å². The largest absolute Gasteiger partial charge is 0.333 e. The summed E-state index contributed by atoms with van der Waals surface area (Å²) >= 11 is 3.34. The van der Waals surface area contributed by atoms with E-state index in [-0.39, 0.29) is 30.4 Å². The molecule has 0 radical (unpaired) electrons. The van der Waals surface area contributed by atoms with Gasteiger partial charge in [0.1, 0.15) is 11.9 Å². The van der Waals surface area contributed by atoms with Gasteiger partial charge in [-0.1, -0.05) is 35.9 Å². The van der Waals surface area contributed by atoms with E-state index < -0.39 is 0 Å². The Balaban J connectivity index is 2.10. The van der Waals surface area contributed by atoms with Crippen LogP contribution in [0.5, 0.6) is 0 Å². The monoisotopic (exact) mass is 383 g/mol. The average molecular weight is 384 g/mol. The first-order chi connectivity index (χ1) is 10.9. The number of hydrogen-bond acceptors (Lipinski definition) is 3. The summed E-state index contributed by atoms with van der Waals surface area (Å²) in [4.78, 5) is 14.4. The fourth-order valence-corrected chi connectivity index (χ4v) is 3.07. The topological polar surface area (TPSA) is 44.4 Å². The molecule has 1 aliphatic heterocycles. The molecule has 1 aromatic carbocycles. The van der Waals surface area contributed by atoms with Crippen LogP contribution >= 0.6 is 15.9 Å². The van der Waals surface area contributed by atoms with Gasteiger partial charge >= 0.3 is 0 Å². The summed E-state index contributed by atoms with van der Waals surface area (Å²) in [7, 11) is 0. The summed E-state index contributed by atoms with van der Waals surface area (Å²) in [5, 5.41) is 0. The summed E-state index contributed by atoms with van der Waals surface area (Å²) in [5.74, 6) is 0.0863. The van der Waals surface area contributed by atoms with Crippen molar-refractivity contribution in [2.45, 2.75) is 38.9 Å². The number of nitrogens with one attached hydrogen (secondary N) is 2. The highest BCUT2D eigenvalue weighted by Crippen LogP contribution is 2.20. The number of hydrogen-bond donors (Lipinski definition) is 2. The van der Waals surface area contributed by atoms with Crippen molar-refractivity contribution in [1.29, 1.82) is 0 Å². The lowest BCUT2D eigenvalue weighted by atomic mass is 9.99. The van der Waals surface area contributed by atoms with E-state index >= 15 is 0 Å². The standard InChI is InChI=1S/C17H23BrFN3O/c1-4-7-22(10-12-8-13(18)5-6-14(12)19)17(23)16-9-15(11(2)3)20-21-16/h4-6,8,11,15-16,20-21H,1,7,9-10H2,2-3H3. The van der Waals surface area contributed by atoms with Gasteiger partial charge in [-0.25, -0.2) is 9.82 Å². The molecule has 0 aliphatic carbocycles. The second kappa shape index (κ2) is 8.04. The van der Waals surface area contributed by atoms with E-state index in [2.05, 4.69) is 47.2 Å². The lowest BCUT2D eigenvalue weighted by Gasteiger charge is -2.24. The van der Waals surface area contributed by atoms with E-state index in [0.29, 0.717) is 18.0 Å². The summed E-state index contributed by atoms with van der Waals surface area (Å²) in [6.07, 6.45) is 2.39. The first-order valence-electron chi connectivity index (χ1n) is 7.77. The molecule has 23 heavy (non-hydrogen) atoms. The first-order valence-corrected chi connectivity index (χ1v) is 8.56. The molecule has 6 heteroatoms. The molecule has 1 fully saturated rings. The number of carbonyl (C=O) groups excluding carboxylic acids is 1. The minimum Gasteiger partial charge on any atom is -0.333 e. The molecule has 2 rings (SSSR count). The molecule has 4 nitrogen and oxygen atoms in total. The zero-order valence-electron chi connectivity index (χ0n) is 13.5. The maximum absolute atomic E-state index is 14.0. The predicted octanol–water partition coefficient (Wildman–Crippen LogP) is 2.99. The van der Waals surface area contributed by atoms with Crippen molar-refractivity contribution in [3.63, 3.8) is 0 Å². The molecule has 1 aliphatic rings. The average Bonchev–Trinajstić information content (AvgIpc) is 3.00. The SMILES string of the molecule is C=CCN(Cc1cc(Br)ccc1F)C(=O)C1CC(C(C)C)NN1. The van der Waals surface area contributed by atoms with E-state index in [1.165, 1.54) is 6.07 Å². The number of benzene rings is 1. The third kappa shape index (κ3) is 4.62. The molecule has 0 aromatic heterocycles. The Kier molecular flexibility index (Phi) is 6.33. The van der Waals surface area contributed by atoms with Crippen molar-refractivity contribution in [2.75, 3.05) is 6.54 Å². The Hall–Kier alpha value is -1.24. The van der Waals surface area contributed by atoms with Crippen LogP contribution in [0.15, 0.2) is 35.3 Å². The molecule has 2 unspecified atom stereocenters. The lowest BCUT2D eigenvalue weighted by molar-refractivity contribution is -0.133. The number of hydrazine groups is 1. The second-order valence-corrected chi connectivity index (χ2v) is 7.09.